The Morgan fingerprint density at radius 1 is 0.500 bits per heavy atom. The third kappa shape index (κ3) is 3.18. The molecule has 0 amide bonds. The minimum Gasteiger partial charge on any atom is -0.299 e. The van der Waals surface area contributed by atoms with Crippen molar-refractivity contribution in [2.75, 3.05) is 0 Å². The zero-order valence-corrected chi connectivity index (χ0v) is 21.8. The van der Waals surface area contributed by atoms with Gasteiger partial charge in [-0.25, -0.2) is 0 Å². The normalized spacial score (nSPS) is 13.2. The first-order chi connectivity index (χ1) is 19.9. The van der Waals surface area contributed by atoms with E-state index >= 15 is 0 Å². The van der Waals surface area contributed by atoms with Crippen molar-refractivity contribution in [3.63, 3.8) is 0 Å². The minimum atomic E-state index is -0.430. The Morgan fingerprint density at radius 2 is 1.15 bits per heavy atom. The number of nitrogens with zero attached hydrogens (tertiary/aromatic N) is 3. The predicted octanol–water partition coefficient (Wildman–Crippen LogP) is 8.45. The Kier molecular flexibility index (Phi) is 5.04. The molecular weight excluding hydrogens is 486 g/mol. The summed E-state index contributed by atoms with van der Waals surface area (Å²) >= 11 is 0. The molecule has 8 rings (SSSR count). The SMILES string of the molecule is c1ccc(-c2ccc(-n3ccc4ccc5c(c43)-c3ccccc3C5(c3ccccc3)c3ccccc3)nn2)cc1. The lowest BCUT2D eigenvalue weighted by Gasteiger charge is -2.33. The summed E-state index contributed by atoms with van der Waals surface area (Å²) in [5, 5.41) is 10.5. The Bertz CT molecular complexity index is 1930. The highest BCUT2D eigenvalue weighted by Crippen LogP contribution is 2.57. The Labute approximate surface area is 233 Å². The molecule has 1 aliphatic rings. The van der Waals surface area contributed by atoms with Crippen molar-refractivity contribution in [3.05, 3.63) is 174 Å². The molecule has 0 spiro atoms. The van der Waals surface area contributed by atoms with E-state index in [1.165, 1.54) is 38.8 Å². The molecule has 5 aromatic carbocycles. The van der Waals surface area contributed by atoms with Crippen molar-refractivity contribution in [3.8, 4) is 28.2 Å². The Hall–Kier alpha value is -5.28. The monoisotopic (exact) mass is 511 g/mol. The van der Waals surface area contributed by atoms with Crippen LogP contribution in [0, 0.1) is 0 Å². The summed E-state index contributed by atoms with van der Waals surface area (Å²) in [4.78, 5) is 0. The van der Waals surface area contributed by atoms with Crippen molar-refractivity contribution in [2.24, 2.45) is 0 Å². The smallest absolute Gasteiger partial charge is 0.159 e. The van der Waals surface area contributed by atoms with Gasteiger partial charge < -0.3 is 0 Å². The molecule has 0 unspecified atom stereocenters. The maximum Gasteiger partial charge on any atom is 0.159 e. The van der Waals surface area contributed by atoms with Crippen molar-refractivity contribution in [1.29, 1.82) is 0 Å². The van der Waals surface area contributed by atoms with Gasteiger partial charge in [0.05, 0.1) is 16.6 Å². The van der Waals surface area contributed by atoms with Gasteiger partial charge in [-0.3, -0.25) is 4.57 Å². The molecule has 188 valence electrons. The quantitative estimate of drug-likeness (QED) is 0.237. The third-order valence-corrected chi connectivity index (χ3v) is 8.24. The van der Waals surface area contributed by atoms with Crippen LogP contribution in [0.3, 0.4) is 0 Å². The molecule has 2 heterocycles. The van der Waals surface area contributed by atoms with Crippen LogP contribution in [0.15, 0.2) is 152 Å². The van der Waals surface area contributed by atoms with E-state index in [-0.39, 0.29) is 0 Å². The largest absolute Gasteiger partial charge is 0.299 e. The fraction of sp³-hybridized carbons (Fsp3) is 0.0270. The first kappa shape index (κ1) is 22.7. The highest BCUT2D eigenvalue weighted by Gasteiger charge is 2.46. The molecular formula is C37H25N3. The summed E-state index contributed by atoms with van der Waals surface area (Å²) in [7, 11) is 0. The lowest BCUT2D eigenvalue weighted by atomic mass is 9.67. The molecule has 0 saturated carbocycles. The zero-order valence-electron chi connectivity index (χ0n) is 21.8. The first-order valence-electron chi connectivity index (χ1n) is 13.6. The number of aromatic nitrogens is 3. The van der Waals surface area contributed by atoms with Crippen LogP contribution in [0.4, 0.5) is 0 Å². The molecule has 3 nitrogen and oxygen atoms in total. The summed E-state index contributed by atoms with van der Waals surface area (Å²) in [5.41, 5.74) is 10.3. The van der Waals surface area contributed by atoms with E-state index in [2.05, 4.69) is 143 Å². The van der Waals surface area contributed by atoms with Crippen LogP contribution in [-0.2, 0) is 5.41 Å². The van der Waals surface area contributed by atoms with E-state index in [1.54, 1.807) is 0 Å². The molecule has 0 bridgehead atoms. The molecule has 3 heteroatoms. The molecule has 0 fully saturated rings. The highest BCUT2D eigenvalue weighted by atomic mass is 15.2. The summed E-state index contributed by atoms with van der Waals surface area (Å²) in [6.07, 6.45) is 2.12. The van der Waals surface area contributed by atoms with E-state index in [9.17, 15) is 0 Å². The molecule has 0 radical (unpaired) electrons. The molecule has 0 saturated heterocycles. The fourth-order valence-corrected chi connectivity index (χ4v) is 6.56. The lowest BCUT2D eigenvalue weighted by Crippen LogP contribution is -2.28. The average Bonchev–Trinajstić information content (AvgIpc) is 3.60. The van der Waals surface area contributed by atoms with Gasteiger partial charge in [-0.2, -0.15) is 0 Å². The fourth-order valence-electron chi connectivity index (χ4n) is 6.56. The van der Waals surface area contributed by atoms with Gasteiger partial charge >= 0.3 is 0 Å². The third-order valence-electron chi connectivity index (χ3n) is 8.24. The second-order valence-corrected chi connectivity index (χ2v) is 10.3. The van der Waals surface area contributed by atoms with E-state index in [0.29, 0.717) is 0 Å². The highest BCUT2D eigenvalue weighted by molar-refractivity contribution is 6.03. The van der Waals surface area contributed by atoms with Crippen molar-refractivity contribution in [1.82, 2.24) is 14.8 Å². The van der Waals surface area contributed by atoms with Crippen LogP contribution in [-0.4, -0.2) is 14.8 Å². The predicted molar refractivity (Wildman–Crippen MR) is 162 cm³/mol. The van der Waals surface area contributed by atoms with E-state index in [0.717, 1.165) is 22.6 Å². The summed E-state index contributed by atoms with van der Waals surface area (Å²) in [6, 6.07) is 51.7. The van der Waals surface area contributed by atoms with Crippen LogP contribution in [0.1, 0.15) is 22.3 Å². The van der Waals surface area contributed by atoms with Crippen LogP contribution < -0.4 is 0 Å². The van der Waals surface area contributed by atoms with E-state index in [4.69, 9.17) is 5.10 Å². The van der Waals surface area contributed by atoms with Gasteiger partial charge in [-0.1, -0.05) is 127 Å². The molecule has 0 atom stereocenters. The number of rotatable bonds is 4. The number of hydrogen-bond donors (Lipinski definition) is 0. The lowest BCUT2D eigenvalue weighted by molar-refractivity contribution is 0.769. The van der Waals surface area contributed by atoms with Crippen molar-refractivity contribution < 1.29 is 0 Å². The number of hydrogen-bond acceptors (Lipinski definition) is 2. The molecule has 0 aliphatic heterocycles. The summed E-state index contributed by atoms with van der Waals surface area (Å²) in [6.45, 7) is 0. The van der Waals surface area contributed by atoms with Crippen LogP contribution in [0.5, 0.6) is 0 Å². The Balaban J connectivity index is 1.42. The van der Waals surface area contributed by atoms with Crippen LogP contribution in [0.25, 0.3) is 39.1 Å². The van der Waals surface area contributed by atoms with Crippen molar-refractivity contribution >= 4 is 10.9 Å². The van der Waals surface area contributed by atoms with Gasteiger partial charge in [0.2, 0.25) is 0 Å². The second kappa shape index (κ2) is 8.89. The zero-order chi connectivity index (χ0) is 26.5. The first-order valence-corrected chi connectivity index (χ1v) is 13.6. The standard InChI is InChI=1S/C37H25N3/c1-4-12-26(13-5-1)33-22-23-34(39-38-33)40-25-24-27-20-21-32-35(36(27)40)30-18-10-11-19-31(30)37(32,28-14-6-2-7-15-28)29-16-8-3-9-17-29/h1-25H. The minimum absolute atomic E-state index is 0.430. The molecule has 1 aliphatic carbocycles. The number of fused-ring (bicyclic) bond motifs is 5. The van der Waals surface area contributed by atoms with Gasteiger partial charge in [0.15, 0.2) is 5.82 Å². The maximum atomic E-state index is 4.69. The summed E-state index contributed by atoms with van der Waals surface area (Å²) < 4.78 is 2.19. The van der Waals surface area contributed by atoms with Gasteiger partial charge in [0.1, 0.15) is 0 Å². The topological polar surface area (TPSA) is 30.7 Å². The second-order valence-electron chi connectivity index (χ2n) is 10.3. The van der Waals surface area contributed by atoms with Crippen LogP contribution in [0.2, 0.25) is 0 Å². The average molecular weight is 512 g/mol. The molecule has 2 aromatic heterocycles. The van der Waals surface area contributed by atoms with Gasteiger partial charge in [-0.05, 0) is 46.0 Å². The molecule has 0 N–H and O–H groups in total. The molecule has 7 aromatic rings. The van der Waals surface area contributed by atoms with Gasteiger partial charge in [-0.15, -0.1) is 10.2 Å². The van der Waals surface area contributed by atoms with Crippen molar-refractivity contribution in [2.45, 2.75) is 5.41 Å². The Morgan fingerprint density at radius 3 is 1.82 bits per heavy atom. The van der Waals surface area contributed by atoms with Gasteiger partial charge in [0, 0.05) is 22.7 Å². The maximum absolute atomic E-state index is 4.69. The summed E-state index contributed by atoms with van der Waals surface area (Å²) in [5.74, 6) is 0.803. The van der Waals surface area contributed by atoms with E-state index in [1.807, 2.05) is 18.2 Å². The number of benzene rings is 5. The van der Waals surface area contributed by atoms with Gasteiger partial charge in [0.25, 0.3) is 0 Å². The molecule has 40 heavy (non-hydrogen) atoms. The van der Waals surface area contributed by atoms with Crippen LogP contribution >= 0.6 is 0 Å². The van der Waals surface area contributed by atoms with E-state index < -0.39 is 5.41 Å².